The van der Waals surface area contributed by atoms with Crippen molar-refractivity contribution in [3.05, 3.63) is 74.7 Å². The van der Waals surface area contributed by atoms with Crippen LogP contribution in [0.5, 0.6) is 0 Å². The third-order valence-electron chi connectivity index (χ3n) is 3.93. The van der Waals surface area contributed by atoms with Crippen molar-refractivity contribution < 1.29 is 4.79 Å². The maximum Gasteiger partial charge on any atom is 0.271 e. The number of thiazole rings is 1. The highest BCUT2D eigenvalue weighted by Crippen LogP contribution is 2.22. The maximum atomic E-state index is 12.6. The Labute approximate surface area is 161 Å². The number of hydrogen-bond acceptors (Lipinski definition) is 5. The Hall–Kier alpha value is -2.57. The van der Waals surface area contributed by atoms with E-state index in [1.807, 2.05) is 50.2 Å². The summed E-state index contributed by atoms with van der Waals surface area (Å²) in [5.41, 5.74) is 10.2. The standard InChI is InChI=1S/C19H19ClN4OS/c1-12-6-5-7-13(2)17(12)23-24-18(25)15-8-3-4-9-16(15)21-10-14-11-22-19(20)26-14/h3-9,11,21,23H,10H2,1-2H3,(H,24,25). The summed E-state index contributed by atoms with van der Waals surface area (Å²) in [7, 11) is 0. The van der Waals surface area contributed by atoms with E-state index >= 15 is 0 Å². The van der Waals surface area contributed by atoms with Crippen LogP contribution in [0.15, 0.2) is 48.7 Å². The molecule has 0 aliphatic carbocycles. The molecule has 0 aliphatic rings. The fraction of sp³-hybridized carbons (Fsp3) is 0.158. The summed E-state index contributed by atoms with van der Waals surface area (Å²) in [6.07, 6.45) is 1.73. The summed E-state index contributed by atoms with van der Waals surface area (Å²) in [6.45, 7) is 4.55. The summed E-state index contributed by atoms with van der Waals surface area (Å²) in [5, 5.41) is 3.27. The van der Waals surface area contributed by atoms with Crippen LogP contribution in [0, 0.1) is 13.8 Å². The van der Waals surface area contributed by atoms with Gasteiger partial charge < -0.3 is 5.32 Å². The topological polar surface area (TPSA) is 66.0 Å². The van der Waals surface area contributed by atoms with Gasteiger partial charge in [0.15, 0.2) is 4.47 Å². The van der Waals surface area contributed by atoms with Gasteiger partial charge in [0.05, 0.1) is 17.8 Å². The van der Waals surface area contributed by atoms with Crippen molar-refractivity contribution in [3.8, 4) is 0 Å². The van der Waals surface area contributed by atoms with Gasteiger partial charge in [0.2, 0.25) is 0 Å². The highest BCUT2D eigenvalue weighted by molar-refractivity contribution is 7.15. The quantitative estimate of drug-likeness (QED) is 0.533. The average Bonchev–Trinajstić information content (AvgIpc) is 3.05. The van der Waals surface area contributed by atoms with Crippen LogP contribution in [-0.2, 0) is 6.54 Å². The van der Waals surface area contributed by atoms with E-state index in [9.17, 15) is 4.79 Å². The molecule has 26 heavy (non-hydrogen) atoms. The molecule has 134 valence electrons. The predicted octanol–water partition coefficient (Wildman–Crippen LogP) is 4.78. The number of hydrazine groups is 1. The molecule has 3 rings (SSSR count). The van der Waals surface area contributed by atoms with Crippen LogP contribution >= 0.6 is 22.9 Å². The molecule has 0 bridgehead atoms. The molecule has 0 atom stereocenters. The zero-order valence-electron chi connectivity index (χ0n) is 14.5. The first-order chi connectivity index (χ1) is 12.5. The van der Waals surface area contributed by atoms with Crippen molar-refractivity contribution in [2.45, 2.75) is 20.4 Å². The number of rotatable bonds is 6. The number of halogens is 1. The van der Waals surface area contributed by atoms with Gasteiger partial charge in [0.25, 0.3) is 5.91 Å². The highest BCUT2D eigenvalue weighted by atomic mass is 35.5. The lowest BCUT2D eigenvalue weighted by atomic mass is 10.1. The van der Waals surface area contributed by atoms with Gasteiger partial charge in [-0.2, -0.15) is 0 Å². The van der Waals surface area contributed by atoms with Crippen LogP contribution in [0.3, 0.4) is 0 Å². The smallest absolute Gasteiger partial charge is 0.271 e. The van der Waals surface area contributed by atoms with E-state index in [1.54, 1.807) is 12.3 Å². The number of nitrogens with one attached hydrogen (secondary N) is 3. The number of hydrogen-bond donors (Lipinski definition) is 3. The lowest BCUT2D eigenvalue weighted by Gasteiger charge is -2.15. The van der Waals surface area contributed by atoms with Crippen molar-refractivity contribution in [2.75, 3.05) is 10.7 Å². The van der Waals surface area contributed by atoms with Crippen LogP contribution in [-0.4, -0.2) is 10.9 Å². The van der Waals surface area contributed by atoms with Crippen molar-refractivity contribution in [1.82, 2.24) is 10.4 Å². The van der Waals surface area contributed by atoms with Gasteiger partial charge in [-0.1, -0.05) is 41.9 Å². The SMILES string of the molecule is Cc1cccc(C)c1NNC(=O)c1ccccc1NCc1cnc(Cl)s1. The second-order valence-electron chi connectivity index (χ2n) is 5.82. The van der Waals surface area contributed by atoms with E-state index in [0.29, 0.717) is 16.6 Å². The fourth-order valence-electron chi connectivity index (χ4n) is 2.58. The molecule has 3 N–H and O–H groups in total. The maximum absolute atomic E-state index is 12.6. The van der Waals surface area contributed by atoms with E-state index in [1.165, 1.54) is 11.3 Å². The Morgan fingerprint density at radius 1 is 1.12 bits per heavy atom. The predicted molar refractivity (Wildman–Crippen MR) is 108 cm³/mol. The molecule has 0 saturated heterocycles. The number of amides is 1. The number of aryl methyl sites for hydroxylation is 2. The third kappa shape index (κ3) is 4.33. The molecule has 1 aromatic heterocycles. The first-order valence-corrected chi connectivity index (χ1v) is 9.29. The molecule has 3 aromatic rings. The fourth-order valence-corrected chi connectivity index (χ4v) is 3.50. The number of anilines is 2. The lowest BCUT2D eigenvalue weighted by Crippen LogP contribution is -2.30. The number of nitrogens with zero attached hydrogens (tertiary/aromatic N) is 1. The molecule has 0 unspecified atom stereocenters. The van der Waals surface area contributed by atoms with Crippen LogP contribution in [0.25, 0.3) is 0 Å². The summed E-state index contributed by atoms with van der Waals surface area (Å²) in [6, 6.07) is 13.4. The minimum Gasteiger partial charge on any atom is -0.379 e. The van der Waals surface area contributed by atoms with Crippen molar-refractivity contribution in [2.24, 2.45) is 0 Å². The van der Waals surface area contributed by atoms with E-state index in [0.717, 1.165) is 27.4 Å². The largest absolute Gasteiger partial charge is 0.379 e. The Morgan fingerprint density at radius 3 is 2.54 bits per heavy atom. The number of benzene rings is 2. The van der Waals surface area contributed by atoms with Crippen LogP contribution in [0.1, 0.15) is 26.4 Å². The second kappa shape index (κ2) is 8.21. The van der Waals surface area contributed by atoms with E-state index in [4.69, 9.17) is 11.6 Å². The van der Waals surface area contributed by atoms with Gasteiger partial charge in [0.1, 0.15) is 0 Å². The van der Waals surface area contributed by atoms with E-state index in [2.05, 4.69) is 21.2 Å². The van der Waals surface area contributed by atoms with Crippen LogP contribution < -0.4 is 16.2 Å². The van der Waals surface area contributed by atoms with Gasteiger partial charge in [-0.05, 0) is 37.1 Å². The Bertz CT molecular complexity index is 905. The van der Waals surface area contributed by atoms with Gasteiger partial charge in [-0.15, -0.1) is 11.3 Å². The van der Waals surface area contributed by atoms with Gasteiger partial charge in [-0.3, -0.25) is 15.6 Å². The molecule has 1 amide bonds. The molecular formula is C19H19ClN4OS. The first kappa shape index (κ1) is 18.2. The van der Waals surface area contributed by atoms with Crippen LogP contribution in [0.4, 0.5) is 11.4 Å². The molecule has 5 nitrogen and oxygen atoms in total. The molecule has 0 aliphatic heterocycles. The van der Waals surface area contributed by atoms with Crippen LogP contribution in [0.2, 0.25) is 4.47 Å². The number of aromatic nitrogens is 1. The first-order valence-electron chi connectivity index (χ1n) is 8.10. The summed E-state index contributed by atoms with van der Waals surface area (Å²) < 4.78 is 0.505. The minimum atomic E-state index is -0.210. The molecule has 0 radical (unpaired) electrons. The van der Waals surface area contributed by atoms with Crippen molar-refractivity contribution in [3.63, 3.8) is 0 Å². The van der Waals surface area contributed by atoms with Gasteiger partial charge >= 0.3 is 0 Å². The highest BCUT2D eigenvalue weighted by Gasteiger charge is 2.12. The summed E-state index contributed by atoms with van der Waals surface area (Å²) in [4.78, 5) is 17.7. The van der Waals surface area contributed by atoms with Gasteiger partial charge in [-0.25, -0.2) is 4.98 Å². The molecule has 2 aromatic carbocycles. The van der Waals surface area contributed by atoms with E-state index in [-0.39, 0.29) is 5.91 Å². The van der Waals surface area contributed by atoms with Gasteiger partial charge in [0, 0.05) is 16.8 Å². The number of carbonyl (C=O) groups is 1. The molecular weight excluding hydrogens is 368 g/mol. The van der Waals surface area contributed by atoms with Crippen molar-refractivity contribution >= 4 is 40.2 Å². The lowest BCUT2D eigenvalue weighted by molar-refractivity contribution is 0.0963. The third-order valence-corrected chi connectivity index (χ3v) is 5.05. The normalized spacial score (nSPS) is 10.4. The molecule has 0 fully saturated rings. The van der Waals surface area contributed by atoms with E-state index < -0.39 is 0 Å². The number of carbonyl (C=O) groups excluding carboxylic acids is 1. The Balaban J connectivity index is 1.69. The zero-order chi connectivity index (χ0) is 18.5. The molecule has 0 saturated carbocycles. The Morgan fingerprint density at radius 2 is 1.85 bits per heavy atom. The average molecular weight is 387 g/mol. The monoisotopic (exact) mass is 386 g/mol. The number of para-hydroxylation sites is 2. The summed E-state index contributed by atoms with van der Waals surface area (Å²) >= 11 is 7.27. The summed E-state index contributed by atoms with van der Waals surface area (Å²) in [5.74, 6) is -0.210. The Kier molecular flexibility index (Phi) is 5.75. The second-order valence-corrected chi connectivity index (χ2v) is 7.52. The zero-order valence-corrected chi connectivity index (χ0v) is 16.0. The molecule has 0 spiro atoms. The van der Waals surface area contributed by atoms with Crippen molar-refractivity contribution in [1.29, 1.82) is 0 Å². The molecule has 7 heteroatoms. The molecule has 1 heterocycles. The minimum absolute atomic E-state index is 0.210.